The molecule has 1 atom stereocenters. The molecule has 0 saturated carbocycles. The van der Waals surface area contributed by atoms with Gasteiger partial charge in [0.1, 0.15) is 12.0 Å². The van der Waals surface area contributed by atoms with Crippen molar-refractivity contribution in [3.63, 3.8) is 0 Å². The van der Waals surface area contributed by atoms with E-state index >= 15 is 0 Å². The Morgan fingerprint density at radius 2 is 2.14 bits per heavy atom. The smallest absolute Gasteiger partial charge is 0.240 e. The number of amides is 1. The lowest BCUT2D eigenvalue weighted by atomic mass is 9.93. The van der Waals surface area contributed by atoms with Crippen LogP contribution in [-0.2, 0) is 24.3 Å². The Bertz CT molecular complexity index is 639. The predicted octanol–water partition coefficient (Wildman–Crippen LogP) is 2.08. The lowest BCUT2D eigenvalue weighted by Gasteiger charge is -2.37. The van der Waals surface area contributed by atoms with Gasteiger partial charge < -0.3 is 9.42 Å². The molecule has 116 valence electrons. The number of hydrogen-bond donors (Lipinski definition) is 0. The van der Waals surface area contributed by atoms with E-state index in [-0.39, 0.29) is 11.9 Å². The molecule has 22 heavy (non-hydrogen) atoms. The Balaban J connectivity index is 1.76. The lowest BCUT2D eigenvalue weighted by molar-refractivity contribution is -0.136. The molecule has 1 aliphatic rings. The van der Waals surface area contributed by atoms with Gasteiger partial charge in [0.2, 0.25) is 5.91 Å². The standard InChI is InChI=1S/C17H21N3O2/c1-3-20-11-14-7-5-4-6-13(14)10-16(20)17(21)19(2)12-15-8-9-22-18-15/h4-9,16H,3,10-12H2,1-2H3/t16-/m0/s1. The first-order chi connectivity index (χ1) is 10.7. The van der Waals surface area contributed by atoms with Crippen molar-refractivity contribution in [2.45, 2.75) is 32.5 Å². The highest BCUT2D eigenvalue weighted by atomic mass is 16.5. The van der Waals surface area contributed by atoms with Crippen LogP contribution in [0.1, 0.15) is 23.7 Å². The predicted molar refractivity (Wildman–Crippen MR) is 83.0 cm³/mol. The Morgan fingerprint density at radius 1 is 1.36 bits per heavy atom. The van der Waals surface area contributed by atoms with Crippen LogP contribution in [-0.4, -0.2) is 40.5 Å². The first-order valence-corrected chi connectivity index (χ1v) is 7.64. The number of rotatable bonds is 4. The Morgan fingerprint density at radius 3 is 2.82 bits per heavy atom. The zero-order valence-electron chi connectivity index (χ0n) is 13.0. The summed E-state index contributed by atoms with van der Waals surface area (Å²) >= 11 is 0. The molecule has 0 radical (unpaired) electrons. The number of nitrogens with zero attached hydrogens (tertiary/aromatic N) is 3. The van der Waals surface area contributed by atoms with Crippen LogP contribution >= 0.6 is 0 Å². The monoisotopic (exact) mass is 299 g/mol. The van der Waals surface area contributed by atoms with Gasteiger partial charge in [0, 0.05) is 19.7 Å². The quantitative estimate of drug-likeness (QED) is 0.867. The molecule has 1 amide bonds. The van der Waals surface area contributed by atoms with E-state index in [4.69, 9.17) is 4.52 Å². The summed E-state index contributed by atoms with van der Waals surface area (Å²) < 4.78 is 4.83. The van der Waals surface area contributed by atoms with Crippen molar-refractivity contribution in [3.05, 3.63) is 53.4 Å². The summed E-state index contributed by atoms with van der Waals surface area (Å²) in [4.78, 5) is 16.8. The highest BCUT2D eigenvalue weighted by molar-refractivity contribution is 5.82. The van der Waals surface area contributed by atoms with Crippen LogP contribution in [0.4, 0.5) is 0 Å². The molecule has 0 aliphatic carbocycles. The van der Waals surface area contributed by atoms with Crippen molar-refractivity contribution in [1.29, 1.82) is 0 Å². The molecule has 0 saturated heterocycles. The molecule has 0 unspecified atom stereocenters. The summed E-state index contributed by atoms with van der Waals surface area (Å²) in [6.07, 6.45) is 2.30. The summed E-state index contributed by atoms with van der Waals surface area (Å²) in [5, 5.41) is 3.88. The fourth-order valence-corrected chi connectivity index (χ4v) is 3.05. The molecule has 3 rings (SSSR count). The van der Waals surface area contributed by atoms with Crippen molar-refractivity contribution >= 4 is 5.91 Å². The SMILES string of the molecule is CCN1Cc2ccccc2C[C@H]1C(=O)N(C)Cc1ccon1. The second-order valence-corrected chi connectivity index (χ2v) is 5.74. The number of aromatic nitrogens is 1. The number of carbonyl (C=O) groups is 1. The first kappa shape index (κ1) is 14.8. The molecule has 2 aromatic rings. The second kappa shape index (κ2) is 6.32. The second-order valence-electron chi connectivity index (χ2n) is 5.74. The fourth-order valence-electron chi connectivity index (χ4n) is 3.05. The van der Waals surface area contributed by atoms with E-state index in [1.54, 1.807) is 11.0 Å². The zero-order valence-corrected chi connectivity index (χ0v) is 13.0. The van der Waals surface area contributed by atoms with E-state index in [1.165, 1.54) is 17.4 Å². The summed E-state index contributed by atoms with van der Waals surface area (Å²) in [6, 6.07) is 10.1. The minimum atomic E-state index is -0.100. The average molecular weight is 299 g/mol. The number of hydrogen-bond acceptors (Lipinski definition) is 4. The highest BCUT2D eigenvalue weighted by Gasteiger charge is 2.32. The lowest BCUT2D eigenvalue weighted by Crippen LogP contribution is -2.50. The maximum Gasteiger partial charge on any atom is 0.240 e. The molecule has 0 spiro atoms. The van der Waals surface area contributed by atoms with E-state index in [0.29, 0.717) is 6.54 Å². The maximum absolute atomic E-state index is 12.8. The van der Waals surface area contributed by atoms with Gasteiger partial charge >= 0.3 is 0 Å². The summed E-state index contributed by atoms with van der Waals surface area (Å²) in [5.74, 6) is 0.138. The topological polar surface area (TPSA) is 49.6 Å². The maximum atomic E-state index is 12.8. The van der Waals surface area contributed by atoms with Gasteiger partial charge in [0.05, 0.1) is 12.6 Å². The molecule has 5 nitrogen and oxygen atoms in total. The summed E-state index contributed by atoms with van der Waals surface area (Å²) in [6.45, 7) is 4.28. The molecular weight excluding hydrogens is 278 g/mol. The Kier molecular flexibility index (Phi) is 4.24. The van der Waals surface area contributed by atoms with Crippen LogP contribution in [0.2, 0.25) is 0 Å². The largest absolute Gasteiger partial charge is 0.364 e. The van der Waals surface area contributed by atoms with Crippen LogP contribution in [0.3, 0.4) is 0 Å². The molecule has 0 bridgehead atoms. The highest BCUT2D eigenvalue weighted by Crippen LogP contribution is 2.24. The van der Waals surface area contributed by atoms with Gasteiger partial charge in [-0.15, -0.1) is 0 Å². The van der Waals surface area contributed by atoms with Crippen LogP contribution < -0.4 is 0 Å². The van der Waals surface area contributed by atoms with Crippen molar-refractivity contribution < 1.29 is 9.32 Å². The molecule has 1 aliphatic heterocycles. The molecule has 0 fully saturated rings. The minimum absolute atomic E-state index is 0.100. The van der Waals surface area contributed by atoms with Gasteiger partial charge in [0.15, 0.2) is 0 Å². The Labute approximate surface area is 130 Å². The van der Waals surface area contributed by atoms with E-state index in [9.17, 15) is 4.79 Å². The van der Waals surface area contributed by atoms with Crippen LogP contribution in [0.15, 0.2) is 41.1 Å². The van der Waals surface area contributed by atoms with E-state index in [2.05, 4.69) is 35.2 Å². The summed E-state index contributed by atoms with van der Waals surface area (Å²) in [5.41, 5.74) is 3.38. The van der Waals surface area contributed by atoms with Crippen molar-refractivity contribution in [2.24, 2.45) is 0 Å². The van der Waals surface area contributed by atoms with Gasteiger partial charge in [0.25, 0.3) is 0 Å². The molecular formula is C17H21N3O2. The van der Waals surface area contributed by atoms with Crippen molar-refractivity contribution in [2.75, 3.05) is 13.6 Å². The van der Waals surface area contributed by atoms with Crippen LogP contribution in [0.25, 0.3) is 0 Å². The normalized spacial score (nSPS) is 18.0. The van der Waals surface area contributed by atoms with Crippen LogP contribution in [0.5, 0.6) is 0 Å². The van der Waals surface area contributed by atoms with E-state index in [1.807, 2.05) is 13.1 Å². The third-order valence-corrected chi connectivity index (χ3v) is 4.30. The molecule has 2 heterocycles. The first-order valence-electron chi connectivity index (χ1n) is 7.64. The molecule has 1 aromatic carbocycles. The molecule has 0 N–H and O–H groups in total. The zero-order chi connectivity index (χ0) is 15.5. The minimum Gasteiger partial charge on any atom is -0.364 e. The van der Waals surface area contributed by atoms with Crippen molar-refractivity contribution in [1.82, 2.24) is 15.0 Å². The molecule has 5 heteroatoms. The van der Waals surface area contributed by atoms with Gasteiger partial charge in [-0.1, -0.05) is 36.3 Å². The Hall–Kier alpha value is -2.14. The molecule has 1 aromatic heterocycles. The van der Waals surface area contributed by atoms with E-state index in [0.717, 1.165) is 25.2 Å². The third-order valence-electron chi connectivity index (χ3n) is 4.30. The van der Waals surface area contributed by atoms with Gasteiger partial charge in [-0.25, -0.2) is 0 Å². The third kappa shape index (κ3) is 2.90. The van der Waals surface area contributed by atoms with Crippen molar-refractivity contribution in [3.8, 4) is 0 Å². The van der Waals surface area contributed by atoms with Crippen LogP contribution in [0, 0.1) is 0 Å². The fraction of sp³-hybridized carbons (Fsp3) is 0.412. The number of fused-ring (bicyclic) bond motifs is 1. The van der Waals surface area contributed by atoms with Gasteiger partial charge in [-0.3, -0.25) is 9.69 Å². The number of benzene rings is 1. The van der Waals surface area contributed by atoms with Gasteiger partial charge in [-0.05, 0) is 24.1 Å². The number of likely N-dealkylation sites (N-methyl/N-ethyl adjacent to an activating group) is 2. The van der Waals surface area contributed by atoms with Gasteiger partial charge in [-0.2, -0.15) is 0 Å². The summed E-state index contributed by atoms with van der Waals surface area (Å²) in [7, 11) is 1.82. The number of carbonyl (C=O) groups excluding carboxylic acids is 1. The van der Waals surface area contributed by atoms with E-state index < -0.39 is 0 Å². The average Bonchev–Trinajstić information content (AvgIpc) is 3.05.